The molecule has 0 N–H and O–H groups in total. The predicted molar refractivity (Wildman–Crippen MR) is 46.5 cm³/mol. The van der Waals surface area contributed by atoms with E-state index >= 15 is 0 Å². The zero-order valence-corrected chi connectivity index (χ0v) is 7.39. The lowest BCUT2D eigenvalue weighted by Crippen LogP contribution is -2.02. The fourth-order valence-electron chi connectivity index (χ4n) is 0.970. The lowest BCUT2D eigenvalue weighted by atomic mass is 10.3. The average Bonchev–Trinajstić information content (AvgIpc) is 2.70. The zero-order valence-electron chi connectivity index (χ0n) is 6.63. The number of nitrogens with zero attached hydrogens (tertiary/aromatic N) is 5. The van der Waals surface area contributed by atoms with Gasteiger partial charge in [-0.2, -0.15) is 5.10 Å². The first kappa shape index (κ1) is 8.12. The van der Waals surface area contributed by atoms with E-state index in [0.717, 1.165) is 5.56 Å². The van der Waals surface area contributed by atoms with Crippen LogP contribution in [0.3, 0.4) is 0 Å². The van der Waals surface area contributed by atoms with Crippen LogP contribution >= 0.6 is 11.6 Å². The minimum absolute atomic E-state index is 0.357. The molecule has 2 aromatic rings. The van der Waals surface area contributed by atoms with Gasteiger partial charge in [0.25, 0.3) is 0 Å². The van der Waals surface area contributed by atoms with E-state index in [9.17, 15) is 0 Å². The van der Waals surface area contributed by atoms with E-state index in [1.165, 1.54) is 12.7 Å². The van der Waals surface area contributed by atoms with Crippen molar-refractivity contribution in [1.29, 1.82) is 0 Å². The van der Waals surface area contributed by atoms with Gasteiger partial charge in [-0.25, -0.2) is 19.6 Å². The summed E-state index contributed by atoms with van der Waals surface area (Å²) in [5.74, 6) is 1.03. The molecule has 0 fully saturated rings. The number of halogens is 1. The van der Waals surface area contributed by atoms with Crippen molar-refractivity contribution in [1.82, 2.24) is 24.7 Å². The summed E-state index contributed by atoms with van der Waals surface area (Å²) in [5, 5.41) is 3.95. The van der Waals surface area contributed by atoms with E-state index in [1.807, 2.05) is 0 Å². The standard InChI is InChI=1S/C7H6ClN5/c8-1-6-2-9-3-11-7(6)13-5-10-4-12-13/h2-5H,1H2. The molecule has 0 aliphatic heterocycles. The van der Waals surface area contributed by atoms with Crippen LogP contribution in [0.4, 0.5) is 0 Å². The summed E-state index contributed by atoms with van der Waals surface area (Å²) in [7, 11) is 0. The average molecular weight is 196 g/mol. The lowest BCUT2D eigenvalue weighted by Gasteiger charge is -2.02. The van der Waals surface area contributed by atoms with Gasteiger partial charge in [-0.15, -0.1) is 11.6 Å². The van der Waals surface area contributed by atoms with E-state index in [-0.39, 0.29) is 0 Å². The Bertz CT molecular complexity index is 386. The van der Waals surface area contributed by atoms with Gasteiger partial charge in [0.05, 0.1) is 5.88 Å². The van der Waals surface area contributed by atoms with Gasteiger partial charge in [0, 0.05) is 11.8 Å². The van der Waals surface area contributed by atoms with Crippen LogP contribution in [0.15, 0.2) is 25.2 Å². The molecule has 13 heavy (non-hydrogen) atoms. The van der Waals surface area contributed by atoms with Gasteiger partial charge < -0.3 is 0 Å². The van der Waals surface area contributed by atoms with Crippen molar-refractivity contribution < 1.29 is 0 Å². The SMILES string of the molecule is ClCc1cncnc1-n1cncn1. The highest BCUT2D eigenvalue weighted by atomic mass is 35.5. The normalized spacial score (nSPS) is 10.2. The smallest absolute Gasteiger partial charge is 0.162 e. The van der Waals surface area contributed by atoms with Gasteiger partial charge in [0.2, 0.25) is 0 Å². The topological polar surface area (TPSA) is 56.5 Å². The van der Waals surface area contributed by atoms with Crippen LogP contribution in [0.5, 0.6) is 0 Å². The number of hydrogen-bond acceptors (Lipinski definition) is 4. The first-order valence-electron chi connectivity index (χ1n) is 3.61. The molecule has 0 radical (unpaired) electrons. The largest absolute Gasteiger partial charge is 0.244 e. The van der Waals surface area contributed by atoms with E-state index < -0.39 is 0 Å². The van der Waals surface area contributed by atoms with Crippen LogP contribution in [0.25, 0.3) is 5.82 Å². The summed E-state index contributed by atoms with van der Waals surface area (Å²) in [6.45, 7) is 0. The summed E-state index contributed by atoms with van der Waals surface area (Å²) in [6.07, 6.45) is 6.13. The van der Waals surface area contributed by atoms with Crippen LogP contribution < -0.4 is 0 Å². The Labute approximate surface area is 79.4 Å². The summed E-state index contributed by atoms with van der Waals surface area (Å²) in [4.78, 5) is 11.7. The monoisotopic (exact) mass is 195 g/mol. The molecule has 6 heteroatoms. The van der Waals surface area contributed by atoms with Crippen LogP contribution in [0, 0.1) is 0 Å². The summed E-state index contributed by atoms with van der Waals surface area (Å²) >= 11 is 5.71. The molecule has 0 unspecified atom stereocenters. The Morgan fingerprint density at radius 3 is 2.92 bits per heavy atom. The van der Waals surface area contributed by atoms with Crippen LogP contribution in [-0.4, -0.2) is 24.7 Å². The number of hydrogen-bond donors (Lipinski definition) is 0. The fraction of sp³-hybridized carbons (Fsp3) is 0.143. The molecule has 0 atom stereocenters. The Morgan fingerprint density at radius 2 is 2.23 bits per heavy atom. The molecule has 0 aliphatic rings. The van der Waals surface area contributed by atoms with Crippen LogP contribution in [0.2, 0.25) is 0 Å². The quantitative estimate of drug-likeness (QED) is 0.665. The third-order valence-corrected chi connectivity index (χ3v) is 1.83. The molecule has 0 bridgehead atoms. The lowest BCUT2D eigenvalue weighted by molar-refractivity contribution is 0.825. The molecule has 2 heterocycles. The van der Waals surface area contributed by atoms with Crippen molar-refractivity contribution >= 4 is 11.6 Å². The molecular weight excluding hydrogens is 190 g/mol. The van der Waals surface area contributed by atoms with E-state index in [4.69, 9.17) is 11.6 Å². The molecule has 66 valence electrons. The maximum absolute atomic E-state index is 5.71. The first-order chi connectivity index (χ1) is 6.42. The molecule has 2 rings (SSSR count). The second-order valence-electron chi connectivity index (χ2n) is 2.35. The molecule has 0 saturated heterocycles. The van der Waals surface area contributed by atoms with Crippen LogP contribution in [-0.2, 0) is 5.88 Å². The second kappa shape index (κ2) is 3.49. The minimum Gasteiger partial charge on any atom is -0.244 e. The molecule has 5 nitrogen and oxygen atoms in total. The van der Waals surface area contributed by atoms with Crippen molar-refractivity contribution in [2.45, 2.75) is 5.88 Å². The predicted octanol–water partition coefficient (Wildman–Crippen LogP) is 0.796. The van der Waals surface area contributed by atoms with Gasteiger partial charge >= 0.3 is 0 Å². The number of alkyl halides is 1. The molecule has 0 saturated carbocycles. The summed E-state index contributed by atoms with van der Waals surface area (Å²) in [5.41, 5.74) is 0.828. The molecule has 0 aromatic carbocycles. The van der Waals surface area contributed by atoms with E-state index in [0.29, 0.717) is 11.7 Å². The Kier molecular flexibility index (Phi) is 2.18. The third-order valence-electron chi connectivity index (χ3n) is 1.54. The molecular formula is C7H6ClN5. The van der Waals surface area contributed by atoms with Crippen molar-refractivity contribution in [3.05, 3.63) is 30.7 Å². The molecule has 2 aromatic heterocycles. The Balaban J connectivity index is 2.51. The van der Waals surface area contributed by atoms with Crippen molar-refractivity contribution in [2.75, 3.05) is 0 Å². The van der Waals surface area contributed by atoms with Gasteiger partial charge in [-0.05, 0) is 0 Å². The second-order valence-corrected chi connectivity index (χ2v) is 2.61. The number of rotatable bonds is 2. The third kappa shape index (κ3) is 1.50. The number of aromatic nitrogens is 5. The highest BCUT2D eigenvalue weighted by Crippen LogP contribution is 2.09. The minimum atomic E-state index is 0.357. The molecule has 0 amide bonds. The summed E-state index contributed by atoms with van der Waals surface area (Å²) < 4.78 is 1.55. The fourth-order valence-corrected chi connectivity index (χ4v) is 1.16. The first-order valence-corrected chi connectivity index (χ1v) is 4.15. The molecule has 0 spiro atoms. The van der Waals surface area contributed by atoms with Crippen LogP contribution in [0.1, 0.15) is 5.56 Å². The maximum Gasteiger partial charge on any atom is 0.162 e. The zero-order chi connectivity index (χ0) is 9.10. The summed E-state index contributed by atoms with van der Waals surface area (Å²) in [6, 6.07) is 0. The highest BCUT2D eigenvalue weighted by Gasteiger charge is 2.04. The molecule has 0 aliphatic carbocycles. The van der Waals surface area contributed by atoms with Gasteiger partial charge in [-0.3, -0.25) is 0 Å². The maximum atomic E-state index is 5.71. The van der Waals surface area contributed by atoms with Crippen molar-refractivity contribution in [3.8, 4) is 5.82 Å². The van der Waals surface area contributed by atoms with Gasteiger partial charge in [-0.1, -0.05) is 0 Å². The Hall–Kier alpha value is -1.49. The van der Waals surface area contributed by atoms with Crippen molar-refractivity contribution in [2.24, 2.45) is 0 Å². The Morgan fingerprint density at radius 1 is 1.31 bits per heavy atom. The van der Waals surface area contributed by atoms with E-state index in [2.05, 4.69) is 20.1 Å². The van der Waals surface area contributed by atoms with Gasteiger partial charge in [0.1, 0.15) is 19.0 Å². The van der Waals surface area contributed by atoms with Crippen molar-refractivity contribution in [3.63, 3.8) is 0 Å². The van der Waals surface area contributed by atoms with E-state index in [1.54, 1.807) is 17.2 Å². The highest BCUT2D eigenvalue weighted by molar-refractivity contribution is 6.17. The van der Waals surface area contributed by atoms with Gasteiger partial charge in [0.15, 0.2) is 5.82 Å².